The van der Waals surface area contributed by atoms with Crippen LogP contribution in [0.25, 0.3) is 5.76 Å². The number of Topliss-reactive ketones (excluding diaryl/α,β-unsaturated/α-hetero) is 1. The third-order valence-electron chi connectivity index (χ3n) is 6.03. The summed E-state index contributed by atoms with van der Waals surface area (Å²) < 4.78 is 11.6. The molecule has 1 amide bonds. The summed E-state index contributed by atoms with van der Waals surface area (Å²) in [4.78, 5) is 28.1. The van der Waals surface area contributed by atoms with Crippen molar-refractivity contribution in [3.05, 3.63) is 95.1 Å². The molecular formula is C31H33NO6. The Hall–Kier alpha value is -4.26. The van der Waals surface area contributed by atoms with Gasteiger partial charge in [-0.2, -0.15) is 0 Å². The first kappa shape index (κ1) is 26.8. The predicted octanol–water partition coefficient (Wildman–Crippen LogP) is 5.98. The maximum absolute atomic E-state index is 13.3. The van der Waals surface area contributed by atoms with Gasteiger partial charge in [0, 0.05) is 12.1 Å². The number of aliphatic hydroxyl groups excluding tert-OH is 1. The number of likely N-dealkylation sites (tertiary alicyclic amines) is 1. The number of nitrogens with zero attached hydrogens (tertiary/aromatic N) is 1. The quantitative estimate of drug-likeness (QED) is 0.218. The first-order chi connectivity index (χ1) is 18.1. The number of hydrogen-bond donors (Lipinski definition) is 2. The van der Waals surface area contributed by atoms with Crippen LogP contribution in [-0.2, 0) is 16.1 Å². The molecule has 0 spiro atoms. The number of carbonyl (C=O) groups is 2. The van der Waals surface area contributed by atoms with E-state index in [1.807, 2.05) is 52.0 Å². The van der Waals surface area contributed by atoms with Crippen LogP contribution in [0.2, 0.25) is 0 Å². The number of hydrogen-bond acceptors (Lipinski definition) is 6. The summed E-state index contributed by atoms with van der Waals surface area (Å²) in [5.41, 5.74) is 1.41. The van der Waals surface area contributed by atoms with Crippen LogP contribution in [0.3, 0.4) is 0 Å². The molecule has 1 aliphatic rings. The first-order valence-electron chi connectivity index (χ1n) is 12.7. The summed E-state index contributed by atoms with van der Waals surface area (Å²) in [6, 6.07) is 19.6. The van der Waals surface area contributed by atoms with Gasteiger partial charge in [-0.25, -0.2) is 0 Å². The molecule has 1 fully saturated rings. The Kier molecular flexibility index (Phi) is 7.76. The highest BCUT2D eigenvalue weighted by molar-refractivity contribution is 6.46. The molecule has 3 aromatic rings. The fourth-order valence-electron chi connectivity index (χ4n) is 4.37. The summed E-state index contributed by atoms with van der Waals surface area (Å²) >= 11 is 0. The molecule has 1 heterocycles. The van der Waals surface area contributed by atoms with Crippen LogP contribution in [0, 0.1) is 0 Å². The number of aromatic hydroxyl groups is 1. The highest BCUT2D eigenvalue weighted by atomic mass is 16.5. The fourth-order valence-corrected chi connectivity index (χ4v) is 4.37. The molecular weight excluding hydrogens is 482 g/mol. The average Bonchev–Trinajstić information content (AvgIpc) is 3.13. The van der Waals surface area contributed by atoms with Crippen LogP contribution in [0.5, 0.6) is 17.2 Å². The lowest BCUT2D eigenvalue weighted by Gasteiger charge is -2.26. The van der Waals surface area contributed by atoms with Gasteiger partial charge in [0.25, 0.3) is 11.7 Å². The van der Waals surface area contributed by atoms with E-state index in [9.17, 15) is 19.8 Å². The highest BCUT2D eigenvalue weighted by Gasteiger charge is 2.46. The third kappa shape index (κ3) is 5.99. The van der Waals surface area contributed by atoms with Crippen molar-refractivity contribution in [3.8, 4) is 17.2 Å². The van der Waals surface area contributed by atoms with Gasteiger partial charge in [0.1, 0.15) is 28.6 Å². The topological polar surface area (TPSA) is 96.3 Å². The third-order valence-corrected chi connectivity index (χ3v) is 6.03. The van der Waals surface area contributed by atoms with Crippen LogP contribution < -0.4 is 9.47 Å². The summed E-state index contributed by atoms with van der Waals surface area (Å²) in [5, 5.41) is 21.2. The molecule has 2 N–H and O–H groups in total. The van der Waals surface area contributed by atoms with E-state index in [1.165, 1.54) is 17.0 Å². The number of ether oxygens (including phenoxy) is 2. The molecule has 1 saturated heterocycles. The Balaban J connectivity index is 1.74. The molecule has 0 radical (unpaired) electrons. The molecule has 3 aromatic carbocycles. The molecule has 1 unspecified atom stereocenters. The highest BCUT2D eigenvalue weighted by Crippen LogP contribution is 2.41. The monoisotopic (exact) mass is 515 g/mol. The van der Waals surface area contributed by atoms with Crippen molar-refractivity contribution < 1.29 is 29.3 Å². The lowest BCUT2D eigenvalue weighted by atomic mass is 9.95. The van der Waals surface area contributed by atoms with E-state index < -0.39 is 17.7 Å². The maximum atomic E-state index is 13.3. The lowest BCUT2D eigenvalue weighted by molar-refractivity contribution is -0.140. The van der Waals surface area contributed by atoms with E-state index in [-0.39, 0.29) is 29.2 Å². The van der Waals surface area contributed by atoms with E-state index in [0.717, 1.165) is 12.0 Å². The van der Waals surface area contributed by atoms with Gasteiger partial charge in [0.2, 0.25) is 0 Å². The molecule has 38 heavy (non-hydrogen) atoms. The standard InChI is InChI=1S/C31H33NO6/c1-5-17-37-25-8-6-7-22(18-25)28(34)26-27(21-11-13-23(33)14-12-21)32(30(36)29(26)35)19-20-9-15-24(16-10-20)38-31(2,3)4/h6-16,18,27,33-34H,5,17,19H2,1-4H3/b28-26-. The number of ketones is 1. The fraction of sp³-hybridized carbons (Fsp3) is 0.290. The van der Waals surface area contributed by atoms with Crippen LogP contribution in [-0.4, -0.2) is 39.0 Å². The number of phenolic OH excluding ortho intramolecular Hbond substituents is 1. The summed E-state index contributed by atoms with van der Waals surface area (Å²) in [5.74, 6) is -0.445. The first-order valence-corrected chi connectivity index (χ1v) is 12.7. The van der Waals surface area contributed by atoms with Crippen molar-refractivity contribution in [2.45, 2.75) is 52.3 Å². The number of rotatable bonds is 8. The van der Waals surface area contributed by atoms with Crippen molar-refractivity contribution >= 4 is 17.4 Å². The minimum absolute atomic E-state index is 0.0129. The van der Waals surface area contributed by atoms with Crippen LogP contribution in [0.4, 0.5) is 0 Å². The predicted molar refractivity (Wildman–Crippen MR) is 145 cm³/mol. The van der Waals surface area contributed by atoms with E-state index in [4.69, 9.17) is 9.47 Å². The van der Waals surface area contributed by atoms with Gasteiger partial charge in [-0.3, -0.25) is 9.59 Å². The maximum Gasteiger partial charge on any atom is 0.295 e. The Morgan fingerprint density at radius 3 is 2.26 bits per heavy atom. The largest absolute Gasteiger partial charge is 0.508 e. The minimum atomic E-state index is -0.846. The Morgan fingerprint density at radius 1 is 0.947 bits per heavy atom. The summed E-state index contributed by atoms with van der Waals surface area (Å²) in [6.07, 6.45) is 0.825. The van der Waals surface area contributed by atoms with Gasteiger partial charge in [0.15, 0.2) is 0 Å². The van der Waals surface area contributed by atoms with E-state index in [1.54, 1.807) is 36.4 Å². The number of carbonyl (C=O) groups excluding carboxylic acids is 2. The molecule has 0 aromatic heterocycles. The van der Waals surface area contributed by atoms with Gasteiger partial charge in [-0.1, -0.05) is 43.3 Å². The average molecular weight is 516 g/mol. The molecule has 198 valence electrons. The van der Waals surface area contributed by atoms with Gasteiger partial charge >= 0.3 is 0 Å². The zero-order valence-electron chi connectivity index (χ0n) is 22.1. The van der Waals surface area contributed by atoms with Crippen molar-refractivity contribution in [2.24, 2.45) is 0 Å². The second kappa shape index (κ2) is 11.0. The van der Waals surface area contributed by atoms with Crippen molar-refractivity contribution in [1.29, 1.82) is 0 Å². The Bertz CT molecular complexity index is 1340. The molecule has 0 aliphatic carbocycles. The van der Waals surface area contributed by atoms with Crippen molar-refractivity contribution in [1.82, 2.24) is 4.90 Å². The van der Waals surface area contributed by atoms with E-state index >= 15 is 0 Å². The second-order valence-electron chi connectivity index (χ2n) is 10.3. The normalized spacial score (nSPS) is 17.1. The van der Waals surface area contributed by atoms with Crippen molar-refractivity contribution in [2.75, 3.05) is 6.61 Å². The number of phenols is 1. The molecule has 4 rings (SSSR count). The van der Waals surface area contributed by atoms with E-state index in [0.29, 0.717) is 29.2 Å². The molecule has 1 atom stereocenters. The van der Waals surface area contributed by atoms with Gasteiger partial charge in [-0.15, -0.1) is 0 Å². The number of amides is 1. The summed E-state index contributed by atoms with van der Waals surface area (Å²) in [6.45, 7) is 8.54. The van der Waals surface area contributed by atoms with Gasteiger partial charge in [-0.05, 0) is 74.7 Å². The van der Waals surface area contributed by atoms with Gasteiger partial charge in [0.05, 0.1) is 18.2 Å². The number of benzene rings is 3. The molecule has 0 bridgehead atoms. The SMILES string of the molecule is CCCOc1cccc(/C(O)=C2/C(=O)C(=O)N(Cc3ccc(OC(C)(C)C)cc3)C2c2ccc(O)cc2)c1. The second-order valence-corrected chi connectivity index (χ2v) is 10.3. The lowest BCUT2D eigenvalue weighted by Crippen LogP contribution is -2.29. The molecule has 1 aliphatic heterocycles. The van der Waals surface area contributed by atoms with Crippen LogP contribution in [0.1, 0.15) is 56.8 Å². The minimum Gasteiger partial charge on any atom is -0.508 e. The van der Waals surface area contributed by atoms with Crippen LogP contribution >= 0.6 is 0 Å². The zero-order chi connectivity index (χ0) is 27.4. The molecule has 7 nitrogen and oxygen atoms in total. The Morgan fingerprint density at radius 2 is 1.63 bits per heavy atom. The zero-order valence-corrected chi connectivity index (χ0v) is 22.1. The van der Waals surface area contributed by atoms with E-state index in [2.05, 4.69) is 0 Å². The van der Waals surface area contributed by atoms with Crippen molar-refractivity contribution in [3.63, 3.8) is 0 Å². The Labute approximate surface area is 222 Å². The number of aliphatic hydroxyl groups is 1. The van der Waals surface area contributed by atoms with Crippen LogP contribution in [0.15, 0.2) is 78.4 Å². The molecule has 0 saturated carbocycles. The summed E-state index contributed by atoms with van der Waals surface area (Å²) in [7, 11) is 0. The van der Waals surface area contributed by atoms with Gasteiger partial charge < -0.3 is 24.6 Å². The smallest absolute Gasteiger partial charge is 0.295 e. The molecule has 7 heteroatoms.